The first-order valence-electron chi connectivity index (χ1n) is 3.53. The molecule has 2 N–H and O–H groups in total. The SMILES string of the molecule is CCC[SiH2]C(=O)CCN. The van der Waals surface area contributed by atoms with Crippen LogP contribution in [0, 0.1) is 0 Å². The molecule has 2 nitrogen and oxygen atoms in total. The highest BCUT2D eigenvalue weighted by atomic mass is 28.2. The fraction of sp³-hybridized carbons (Fsp3) is 0.833. The van der Waals surface area contributed by atoms with Crippen molar-refractivity contribution in [3.8, 4) is 0 Å². The van der Waals surface area contributed by atoms with Crippen LogP contribution in [0.2, 0.25) is 6.04 Å². The zero-order valence-electron chi connectivity index (χ0n) is 6.02. The lowest BCUT2D eigenvalue weighted by Crippen LogP contribution is -2.13. The number of nitrogens with two attached hydrogens (primary N) is 1. The number of carbonyl (C=O) groups excluding carboxylic acids is 1. The van der Waals surface area contributed by atoms with Crippen LogP contribution in [-0.2, 0) is 4.79 Å². The second-order valence-electron chi connectivity index (χ2n) is 2.18. The summed E-state index contributed by atoms with van der Waals surface area (Å²) < 4.78 is 0. The third kappa shape index (κ3) is 5.72. The second-order valence-corrected chi connectivity index (χ2v) is 4.18. The van der Waals surface area contributed by atoms with E-state index < -0.39 is 9.52 Å². The summed E-state index contributed by atoms with van der Waals surface area (Å²) in [6.45, 7) is 2.65. The Morgan fingerprint density at radius 2 is 2.33 bits per heavy atom. The van der Waals surface area contributed by atoms with Gasteiger partial charge in [0.1, 0.15) is 14.9 Å². The Hall–Kier alpha value is -0.153. The predicted molar refractivity (Wildman–Crippen MR) is 42.3 cm³/mol. The molecule has 0 radical (unpaired) electrons. The summed E-state index contributed by atoms with van der Waals surface area (Å²) in [7, 11) is -0.394. The minimum Gasteiger partial charge on any atom is -0.330 e. The van der Waals surface area contributed by atoms with Gasteiger partial charge in [0, 0.05) is 6.42 Å². The van der Waals surface area contributed by atoms with Crippen molar-refractivity contribution in [3.63, 3.8) is 0 Å². The molecular formula is C6H15NOSi. The first-order valence-corrected chi connectivity index (χ1v) is 5.23. The molecule has 0 aliphatic rings. The van der Waals surface area contributed by atoms with E-state index in [2.05, 4.69) is 6.92 Å². The van der Waals surface area contributed by atoms with Gasteiger partial charge in [-0.15, -0.1) is 0 Å². The topological polar surface area (TPSA) is 43.1 Å². The normalized spacial score (nSPS) is 10.9. The second kappa shape index (κ2) is 5.97. The highest BCUT2D eigenvalue weighted by molar-refractivity contribution is 6.73. The average molecular weight is 145 g/mol. The van der Waals surface area contributed by atoms with Gasteiger partial charge in [-0.3, -0.25) is 0 Å². The summed E-state index contributed by atoms with van der Waals surface area (Å²) in [5, 5.41) is 0.444. The van der Waals surface area contributed by atoms with Crippen LogP contribution < -0.4 is 5.73 Å². The van der Waals surface area contributed by atoms with Gasteiger partial charge in [0.2, 0.25) is 0 Å². The number of hydrogen-bond acceptors (Lipinski definition) is 2. The molecule has 0 aromatic rings. The Morgan fingerprint density at radius 1 is 1.67 bits per heavy atom. The Kier molecular flexibility index (Phi) is 5.87. The van der Waals surface area contributed by atoms with E-state index in [1.165, 1.54) is 0 Å². The summed E-state index contributed by atoms with van der Waals surface area (Å²) in [5.74, 6) is 0. The van der Waals surface area contributed by atoms with Crippen molar-refractivity contribution in [1.29, 1.82) is 0 Å². The average Bonchev–Trinajstić information content (AvgIpc) is 1.85. The van der Waals surface area contributed by atoms with Crippen LogP contribution in [0.1, 0.15) is 19.8 Å². The molecule has 0 rings (SSSR count). The molecule has 0 amide bonds. The Labute approximate surface area is 58.6 Å². The quantitative estimate of drug-likeness (QED) is 0.547. The van der Waals surface area contributed by atoms with Crippen LogP contribution in [-0.4, -0.2) is 21.5 Å². The van der Waals surface area contributed by atoms with Gasteiger partial charge >= 0.3 is 0 Å². The van der Waals surface area contributed by atoms with Crippen LogP contribution in [0.25, 0.3) is 0 Å². The van der Waals surface area contributed by atoms with Crippen LogP contribution in [0.15, 0.2) is 0 Å². The van der Waals surface area contributed by atoms with Crippen LogP contribution in [0.5, 0.6) is 0 Å². The third-order valence-corrected chi connectivity index (χ3v) is 3.20. The van der Waals surface area contributed by atoms with Crippen molar-refractivity contribution in [2.45, 2.75) is 25.8 Å². The van der Waals surface area contributed by atoms with E-state index in [4.69, 9.17) is 5.73 Å². The molecule has 0 aromatic carbocycles. The van der Waals surface area contributed by atoms with E-state index in [1.54, 1.807) is 0 Å². The Bertz CT molecular complexity index is 85.1. The Morgan fingerprint density at radius 3 is 2.78 bits per heavy atom. The van der Waals surface area contributed by atoms with Gasteiger partial charge in [0.25, 0.3) is 0 Å². The van der Waals surface area contributed by atoms with Gasteiger partial charge < -0.3 is 10.5 Å². The lowest BCUT2D eigenvalue weighted by molar-refractivity contribution is -0.111. The molecule has 0 unspecified atom stereocenters. The van der Waals surface area contributed by atoms with Crippen molar-refractivity contribution in [3.05, 3.63) is 0 Å². The number of hydrogen-bond donors (Lipinski definition) is 1. The summed E-state index contributed by atoms with van der Waals surface area (Å²) in [5.41, 5.74) is 5.20. The van der Waals surface area contributed by atoms with Gasteiger partial charge in [0.05, 0.1) is 0 Å². The predicted octanol–water partition coefficient (Wildman–Crippen LogP) is -0.141. The van der Waals surface area contributed by atoms with Crippen molar-refractivity contribution in [2.24, 2.45) is 5.73 Å². The molecule has 0 fully saturated rings. The molecule has 54 valence electrons. The van der Waals surface area contributed by atoms with Gasteiger partial charge in [-0.2, -0.15) is 0 Å². The van der Waals surface area contributed by atoms with Gasteiger partial charge in [-0.05, 0) is 6.54 Å². The largest absolute Gasteiger partial charge is 0.330 e. The molecule has 0 saturated carbocycles. The first-order chi connectivity index (χ1) is 4.31. The maximum atomic E-state index is 10.8. The molecule has 0 bridgehead atoms. The molecular weight excluding hydrogens is 130 g/mol. The Balaban J connectivity index is 3.06. The van der Waals surface area contributed by atoms with Crippen molar-refractivity contribution in [2.75, 3.05) is 6.54 Å². The fourth-order valence-corrected chi connectivity index (χ4v) is 1.86. The van der Waals surface area contributed by atoms with E-state index >= 15 is 0 Å². The lowest BCUT2D eigenvalue weighted by Gasteiger charge is -1.93. The molecule has 0 spiro atoms. The molecule has 0 aliphatic heterocycles. The highest BCUT2D eigenvalue weighted by Gasteiger charge is 1.97. The smallest absolute Gasteiger partial charge is 0.105 e. The highest BCUT2D eigenvalue weighted by Crippen LogP contribution is 1.87. The monoisotopic (exact) mass is 145 g/mol. The molecule has 3 heteroatoms. The van der Waals surface area contributed by atoms with Crippen LogP contribution in [0.3, 0.4) is 0 Å². The molecule has 0 aliphatic carbocycles. The summed E-state index contributed by atoms with van der Waals surface area (Å²) >= 11 is 0. The molecule has 9 heavy (non-hydrogen) atoms. The van der Waals surface area contributed by atoms with Crippen molar-refractivity contribution < 1.29 is 4.79 Å². The number of carbonyl (C=O) groups is 1. The molecule has 0 heterocycles. The van der Waals surface area contributed by atoms with Crippen molar-refractivity contribution >= 4 is 14.9 Å². The number of rotatable bonds is 5. The zero-order chi connectivity index (χ0) is 7.11. The van der Waals surface area contributed by atoms with Gasteiger partial charge in [-0.25, -0.2) is 0 Å². The molecule has 0 atom stereocenters. The van der Waals surface area contributed by atoms with Crippen molar-refractivity contribution in [1.82, 2.24) is 0 Å². The van der Waals surface area contributed by atoms with Crippen LogP contribution >= 0.6 is 0 Å². The van der Waals surface area contributed by atoms with E-state index in [1.807, 2.05) is 0 Å². The van der Waals surface area contributed by atoms with Gasteiger partial charge in [0.15, 0.2) is 0 Å². The molecule has 0 aromatic heterocycles. The zero-order valence-corrected chi connectivity index (χ0v) is 7.44. The van der Waals surface area contributed by atoms with Gasteiger partial charge in [-0.1, -0.05) is 19.4 Å². The third-order valence-electron chi connectivity index (χ3n) is 1.23. The molecule has 0 saturated heterocycles. The lowest BCUT2D eigenvalue weighted by atomic mass is 10.5. The maximum Gasteiger partial charge on any atom is 0.105 e. The summed E-state index contributed by atoms with van der Waals surface area (Å²) in [4.78, 5) is 10.8. The minimum atomic E-state index is -0.394. The first kappa shape index (κ1) is 8.85. The van der Waals surface area contributed by atoms with E-state index in [0.717, 1.165) is 12.5 Å². The maximum absolute atomic E-state index is 10.8. The fourth-order valence-electron chi connectivity index (χ4n) is 0.660. The summed E-state index contributed by atoms with van der Waals surface area (Å²) in [6.07, 6.45) is 1.77. The van der Waals surface area contributed by atoms with E-state index in [0.29, 0.717) is 18.4 Å². The standard InChI is InChI=1S/C6H15NOSi/c1-2-5-9-6(8)3-4-7/h2-5,7,9H2,1H3. The summed E-state index contributed by atoms with van der Waals surface area (Å²) in [6, 6.07) is 1.15. The van der Waals surface area contributed by atoms with E-state index in [-0.39, 0.29) is 0 Å². The van der Waals surface area contributed by atoms with E-state index in [9.17, 15) is 4.79 Å². The minimum absolute atomic E-state index is 0.394. The van der Waals surface area contributed by atoms with Crippen LogP contribution in [0.4, 0.5) is 0 Å².